The molecule has 0 saturated carbocycles. The Hall–Kier alpha value is -5.19. The highest BCUT2D eigenvalue weighted by Gasteiger charge is 2.20. The number of aromatic nitrogens is 5. The Bertz CT molecular complexity index is 1650. The number of hydrogen-bond acceptors (Lipinski definition) is 7. The Labute approximate surface area is 209 Å². The molecule has 0 unspecified atom stereocenters. The van der Waals surface area contributed by atoms with E-state index in [1.165, 1.54) is 18.5 Å². The molecule has 0 saturated heterocycles. The van der Waals surface area contributed by atoms with Gasteiger partial charge in [-0.2, -0.15) is 0 Å². The van der Waals surface area contributed by atoms with Crippen molar-refractivity contribution in [3.05, 3.63) is 85.0 Å². The quantitative estimate of drug-likeness (QED) is 0.272. The van der Waals surface area contributed by atoms with Gasteiger partial charge in [0.25, 0.3) is 5.91 Å². The predicted octanol–water partition coefficient (Wildman–Crippen LogP) is 5.25. The number of carbonyl (C=O) groups excluding carboxylic acids is 1. The van der Waals surface area contributed by atoms with Crippen LogP contribution in [0.25, 0.3) is 33.4 Å². The lowest BCUT2D eigenvalue weighted by atomic mass is 9.98. The van der Waals surface area contributed by atoms with Gasteiger partial charge in [-0.05, 0) is 42.3 Å². The Morgan fingerprint density at radius 2 is 1.73 bits per heavy atom. The number of H-pyrrole nitrogens is 1. The van der Waals surface area contributed by atoms with E-state index >= 15 is 4.39 Å². The van der Waals surface area contributed by atoms with Crippen molar-refractivity contribution < 1.29 is 18.3 Å². The van der Waals surface area contributed by atoms with Gasteiger partial charge in [-0.25, -0.2) is 28.7 Å². The molecule has 0 bridgehead atoms. The summed E-state index contributed by atoms with van der Waals surface area (Å²) in [6.45, 7) is 5.25. The monoisotopic (exact) mass is 499 g/mol. The van der Waals surface area contributed by atoms with Gasteiger partial charge in [-0.1, -0.05) is 24.8 Å². The molecule has 5 aromatic rings. The lowest BCUT2D eigenvalue weighted by molar-refractivity contribution is -0.112. The minimum atomic E-state index is -0.695. The summed E-state index contributed by atoms with van der Waals surface area (Å²) in [5, 5.41) is 3.27. The maximum Gasteiger partial charge on any atom is 0.322 e. The van der Waals surface area contributed by atoms with E-state index in [0.29, 0.717) is 39.1 Å². The number of hydrogen-bond donors (Lipinski definition) is 3. The third kappa shape index (κ3) is 4.69. The van der Waals surface area contributed by atoms with Gasteiger partial charge in [-0.15, -0.1) is 0 Å². The zero-order valence-corrected chi connectivity index (χ0v) is 19.4. The van der Waals surface area contributed by atoms with Crippen LogP contribution in [0.1, 0.15) is 6.92 Å². The average molecular weight is 499 g/mol. The molecule has 0 atom stereocenters. The van der Waals surface area contributed by atoms with Crippen molar-refractivity contribution >= 4 is 28.4 Å². The lowest BCUT2D eigenvalue weighted by Crippen LogP contribution is -2.11. The Kier molecular flexibility index (Phi) is 6.02. The van der Waals surface area contributed by atoms with Crippen LogP contribution in [0.2, 0.25) is 0 Å². The van der Waals surface area contributed by atoms with Crippen molar-refractivity contribution in [2.24, 2.45) is 0 Å². The number of nitrogens with one attached hydrogen (secondary N) is 2. The number of benzene rings is 2. The van der Waals surface area contributed by atoms with Gasteiger partial charge >= 0.3 is 6.01 Å². The molecule has 3 aromatic heterocycles. The van der Waals surface area contributed by atoms with Crippen LogP contribution in [0.3, 0.4) is 0 Å². The van der Waals surface area contributed by atoms with Crippen LogP contribution < -0.4 is 15.8 Å². The summed E-state index contributed by atoms with van der Waals surface area (Å²) < 4.78 is 33.5. The summed E-state index contributed by atoms with van der Waals surface area (Å²) in [6.07, 6.45) is 3.17. The highest BCUT2D eigenvalue weighted by molar-refractivity contribution is 6.07. The van der Waals surface area contributed by atoms with E-state index < -0.39 is 11.6 Å². The summed E-state index contributed by atoms with van der Waals surface area (Å²) in [6, 6.07) is 11.2. The zero-order chi connectivity index (χ0) is 26.1. The second-order valence-corrected chi connectivity index (χ2v) is 8.10. The minimum Gasteiger partial charge on any atom is -0.421 e. The maximum absolute atomic E-state index is 15.1. The highest BCUT2D eigenvalue weighted by atomic mass is 19.1. The molecule has 0 fully saturated rings. The van der Waals surface area contributed by atoms with Gasteiger partial charge in [0.2, 0.25) is 0 Å². The standard InChI is InChI=1S/C26H19F2N7O2/c1-13(2)25(36)34-17-6-3-14(4-7-17)22-20(21-23(29)32-12-33-24(21)35-22)15-5-8-19(18(28)9-15)37-26-30-10-16(27)11-31-26/h3-12H,1H2,2H3,(H,34,36)(H3,29,32,33,35). The van der Waals surface area contributed by atoms with E-state index in [-0.39, 0.29) is 23.5 Å². The molecule has 9 nitrogen and oxygen atoms in total. The first-order valence-corrected chi connectivity index (χ1v) is 10.9. The zero-order valence-electron chi connectivity index (χ0n) is 19.4. The van der Waals surface area contributed by atoms with E-state index in [4.69, 9.17) is 10.5 Å². The first-order chi connectivity index (χ1) is 17.8. The number of aromatic amines is 1. The molecule has 11 heteroatoms. The number of fused-ring (bicyclic) bond motifs is 1. The third-order valence-corrected chi connectivity index (χ3v) is 5.46. The number of nitrogens with two attached hydrogens (primary N) is 1. The summed E-state index contributed by atoms with van der Waals surface area (Å²) in [4.78, 5) is 30.9. The summed E-state index contributed by atoms with van der Waals surface area (Å²) in [5.41, 5.74) is 10.0. The van der Waals surface area contributed by atoms with Gasteiger partial charge in [0.1, 0.15) is 17.8 Å². The number of nitrogens with zero attached hydrogens (tertiary/aromatic N) is 4. The topological polar surface area (TPSA) is 132 Å². The number of nitrogen functional groups attached to an aromatic ring is 1. The van der Waals surface area contributed by atoms with Crippen molar-refractivity contribution in [1.29, 1.82) is 0 Å². The van der Waals surface area contributed by atoms with Crippen molar-refractivity contribution in [3.8, 4) is 34.1 Å². The van der Waals surface area contributed by atoms with Crippen LogP contribution in [0.5, 0.6) is 11.8 Å². The molecule has 0 aliphatic carbocycles. The van der Waals surface area contributed by atoms with Crippen LogP contribution in [-0.4, -0.2) is 30.8 Å². The number of anilines is 2. The van der Waals surface area contributed by atoms with Crippen molar-refractivity contribution in [3.63, 3.8) is 0 Å². The average Bonchev–Trinajstić information content (AvgIpc) is 3.28. The second-order valence-electron chi connectivity index (χ2n) is 8.10. The number of carbonyl (C=O) groups is 1. The van der Waals surface area contributed by atoms with Crippen molar-refractivity contribution in [2.75, 3.05) is 11.1 Å². The maximum atomic E-state index is 15.1. The van der Waals surface area contributed by atoms with Gasteiger partial charge in [-0.3, -0.25) is 4.79 Å². The SMILES string of the molecule is C=C(C)C(=O)Nc1ccc(-c2[nH]c3ncnc(N)c3c2-c2ccc(Oc3ncc(F)cn3)c(F)c2)cc1. The van der Waals surface area contributed by atoms with Gasteiger partial charge in [0, 0.05) is 16.8 Å². The Morgan fingerprint density at radius 3 is 2.41 bits per heavy atom. The largest absolute Gasteiger partial charge is 0.421 e. The molecule has 4 N–H and O–H groups in total. The predicted molar refractivity (Wildman–Crippen MR) is 135 cm³/mol. The lowest BCUT2D eigenvalue weighted by Gasteiger charge is -2.10. The molecule has 184 valence electrons. The van der Waals surface area contributed by atoms with Crippen LogP contribution in [-0.2, 0) is 4.79 Å². The number of ether oxygens (including phenoxy) is 1. The fraction of sp³-hybridized carbons (Fsp3) is 0.0385. The van der Waals surface area contributed by atoms with Crippen molar-refractivity contribution in [1.82, 2.24) is 24.9 Å². The molecule has 0 radical (unpaired) electrons. The van der Waals surface area contributed by atoms with Crippen LogP contribution in [0, 0.1) is 11.6 Å². The van der Waals surface area contributed by atoms with E-state index in [2.05, 4.69) is 36.8 Å². The summed E-state index contributed by atoms with van der Waals surface area (Å²) in [7, 11) is 0. The normalized spacial score (nSPS) is 10.9. The molecular formula is C26H19F2N7O2. The molecular weight excluding hydrogens is 480 g/mol. The molecule has 5 rings (SSSR count). The molecule has 2 aromatic carbocycles. The minimum absolute atomic E-state index is 0.140. The Morgan fingerprint density at radius 1 is 1.03 bits per heavy atom. The fourth-order valence-electron chi connectivity index (χ4n) is 3.70. The first kappa shape index (κ1) is 23.5. The van der Waals surface area contributed by atoms with E-state index in [0.717, 1.165) is 18.0 Å². The van der Waals surface area contributed by atoms with Gasteiger partial charge < -0.3 is 20.8 Å². The van der Waals surface area contributed by atoms with E-state index in [9.17, 15) is 9.18 Å². The van der Waals surface area contributed by atoms with Crippen LogP contribution in [0.4, 0.5) is 20.3 Å². The Balaban J connectivity index is 1.56. The smallest absolute Gasteiger partial charge is 0.322 e. The second kappa shape index (κ2) is 9.46. The molecule has 0 spiro atoms. The molecule has 0 aliphatic rings. The van der Waals surface area contributed by atoms with Crippen LogP contribution in [0.15, 0.2) is 73.3 Å². The van der Waals surface area contributed by atoms with Crippen LogP contribution >= 0.6 is 0 Å². The summed E-state index contributed by atoms with van der Waals surface area (Å²) in [5.74, 6) is -1.54. The first-order valence-electron chi connectivity index (χ1n) is 10.9. The third-order valence-electron chi connectivity index (χ3n) is 5.46. The summed E-state index contributed by atoms with van der Waals surface area (Å²) >= 11 is 0. The van der Waals surface area contributed by atoms with Gasteiger partial charge in [0.05, 0.1) is 23.5 Å². The molecule has 37 heavy (non-hydrogen) atoms. The fourth-order valence-corrected chi connectivity index (χ4v) is 3.70. The molecule has 0 aliphatic heterocycles. The number of halogens is 2. The highest BCUT2D eigenvalue weighted by Crippen LogP contribution is 2.41. The van der Waals surface area contributed by atoms with Crippen molar-refractivity contribution in [2.45, 2.75) is 6.92 Å². The van der Waals surface area contributed by atoms with E-state index in [1.807, 2.05) is 0 Å². The van der Waals surface area contributed by atoms with E-state index in [1.54, 1.807) is 37.3 Å². The van der Waals surface area contributed by atoms with Gasteiger partial charge in [0.15, 0.2) is 17.4 Å². The number of rotatable bonds is 6. The molecule has 1 amide bonds. The molecule has 3 heterocycles. The number of amides is 1.